The molecule has 0 saturated heterocycles. The molecule has 0 bridgehead atoms. The van der Waals surface area contributed by atoms with Gasteiger partial charge in [-0.15, -0.1) is 11.8 Å². The lowest BCUT2D eigenvalue weighted by molar-refractivity contribution is 0.415. The van der Waals surface area contributed by atoms with E-state index in [9.17, 15) is 0 Å². The largest absolute Gasteiger partial charge is 0.497 e. The molecule has 0 saturated carbocycles. The second-order valence-electron chi connectivity index (χ2n) is 3.46. The summed E-state index contributed by atoms with van der Waals surface area (Å²) in [5.41, 5.74) is 0.963. The van der Waals surface area contributed by atoms with E-state index < -0.39 is 0 Å². The minimum atomic E-state index is 0.595. The lowest BCUT2D eigenvalue weighted by Gasteiger charge is -2.05. The quantitative estimate of drug-likeness (QED) is 0.633. The zero-order valence-electron chi connectivity index (χ0n) is 9.28. The van der Waals surface area contributed by atoms with Crippen LogP contribution < -0.4 is 4.74 Å². The fourth-order valence-electron chi connectivity index (χ4n) is 1.61. The first kappa shape index (κ1) is 11.0. The lowest BCUT2D eigenvalue weighted by Crippen LogP contribution is -1.91. The van der Waals surface area contributed by atoms with Gasteiger partial charge >= 0.3 is 0 Å². The van der Waals surface area contributed by atoms with Crippen molar-refractivity contribution in [3.05, 3.63) is 42.0 Å². The van der Waals surface area contributed by atoms with Gasteiger partial charge in [0.2, 0.25) is 0 Å². The molecule has 0 heterocycles. The summed E-state index contributed by atoms with van der Waals surface area (Å²) in [5.74, 6) is 0.861. The van der Waals surface area contributed by atoms with Crippen LogP contribution in [0.1, 0.15) is 5.56 Å². The second kappa shape index (κ2) is 4.58. The molecule has 0 radical (unpaired) electrons. The fourth-order valence-corrected chi connectivity index (χ4v) is 1.97. The Hall–Kier alpha value is -1.48. The van der Waals surface area contributed by atoms with Gasteiger partial charge in [-0.2, -0.15) is 0 Å². The van der Waals surface area contributed by atoms with E-state index in [-0.39, 0.29) is 0 Å². The van der Waals surface area contributed by atoms with Gasteiger partial charge in [0.15, 0.2) is 0 Å². The van der Waals surface area contributed by atoms with Crippen LogP contribution in [0.25, 0.3) is 10.8 Å². The van der Waals surface area contributed by atoms with Crippen LogP contribution in [0.3, 0.4) is 0 Å². The summed E-state index contributed by atoms with van der Waals surface area (Å²) in [7, 11) is 1.67. The number of hydrogen-bond donors (Lipinski definition) is 1. The van der Waals surface area contributed by atoms with E-state index >= 15 is 0 Å². The number of hydrogen-bond acceptors (Lipinski definition) is 3. The molecule has 0 aromatic heterocycles. The maximum Gasteiger partial charge on any atom is 0.119 e. The average molecular weight is 231 g/mol. The number of nitrogens with one attached hydrogen (secondary N) is 1. The van der Waals surface area contributed by atoms with Crippen LogP contribution in [0.4, 0.5) is 0 Å². The van der Waals surface area contributed by atoms with E-state index in [4.69, 9.17) is 10.1 Å². The molecule has 0 aliphatic rings. The highest BCUT2D eigenvalue weighted by Gasteiger charge is 2.02. The molecular weight excluding hydrogens is 218 g/mol. The predicted octanol–water partition coefficient (Wildman–Crippen LogP) is 3.54. The molecule has 82 valence electrons. The third-order valence-corrected chi connectivity index (χ3v) is 3.16. The Morgan fingerprint density at radius 2 is 1.81 bits per heavy atom. The maximum atomic E-state index is 7.77. The van der Waals surface area contributed by atoms with Gasteiger partial charge < -0.3 is 4.74 Å². The first-order chi connectivity index (χ1) is 7.74. The molecule has 0 atom stereocenters. The van der Waals surface area contributed by atoms with Gasteiger partial charge in [0.25, 0.3) is 0 Å². The molecule has 2 nitrogen and oxygen atoms in total. The van der Waals surface area contributed by atoms with Crippen LogP contribution in [0.5, 0.6) is 5.75 Å². The molecule has 2 aromatic carbocycles. The highest BCUT2D eigenvalue weighted by Crippen LogP contribution is 2.23. The molecule has 0 amide bonds. The molecule has 0 spiro atoms. The van der Waals surface area contributed by atoms with Crippen molar-refractivity contribution in [1.82, 2.24) is 0 Å². The van der Waals surface area contributed by atoms with Crippen LogP contribution in [0.15, 0.2) is 36.4 Å². The molecule has 16 heavy (non-hydrogen) atoms. The number of rotatable bonds is 2. The molecule has 0 fully saturated rings. The standard InChI is InChI=1S/C13H13NOS/c1-15-12-6-5-9-7-11(13(14)16-2)4-3-10(9)8-12/h3-8,14H,1-2H3. The number of thioether (sulfide) groups is 1. The summed E-state index contributed by atoms with van der Waals surface area (Å²) in [4.78, 5) is 0. The SMILES string of the molecule is COc1ccc2cc(C(=N)SC)ccc2c1. The Morgan fingerprint density at radius 1 is 1.12 bits per heavy atom. The van der Waals surface area contributed by atoms with Crippen molar-refractivity contribution in [2.24, 2.45) is 0 Å². The molecular formula is C13H13NOS. The number of fused-ring (bicyclic) bond motifs is 1. The molecule has 0 aliphatic heterocycles. The summed E-state index contributed by atoms with van der Waals surface area (Å²) in [6.07, 6.45) is 1.92. The van der Waals surface area contributed by atoms with Crippen molar-refractivity contribution < 1.29 is 4.74 Å². The molecule has 0 unspecified atom stereocenters. The monoisotopic (exact) mass is 231 g/mol. The van der Waals surface area contributed by atoms with E-state index in [1.54, 1.807) is 7.11 Å². The Kier molecular flexibility index (Phi) is 3.15. The zero-order chi connectivity index (χ0) is 11.5. The van der Waals surface area contributed by atoms with Crippen molar-refractivity contribution in [1.29, 1.82) is 5.41 Å². The molecule has 1 N–H and O–H groups in total. The lowest BCUT2D eigenvalue weighted by atomic mass is 10.1. The molecule has 3 heteroatoms. The van der Waals surface area contributed by atoms with Crippen molar-refractivity contribution in [3.8, 4) is 5.75 Å². The van der Waals surface area contributed by atoms with Gasteiger partial charge in [0.05, 0.1) is 12.2 Å². The van der Waals surface area contributed by atoms with E-state index in [1.165, 1.54) is 11.8 Å². The van der Waals surface area contributed by atoms with Crippen molar-refractivity contribution in [2.75, 3.05) is 13.4 Å². The van der Waals surface area contributed by atoms with Gasteiger partial charge in [0, 0.05) is 5.56 Å². The third kappa shape index (κ3) is 2.04. The Bertz CT molecular complexity index is 536. The molecule has 2 rings (SSSR count). The molecule has 2 aromatic rings. The van der Waals surface area contributed by atoms with Crippen LogP contribution in [-0.2, 0) is 0 Å². The minimum Gasteiger partial charge on any atom is -0.497 e. The summed E-state index contributed by atoms with van der Waals surface area (Å²) >= 11 is 1.45. The van der Waals surface area contributed by atoms with Crippen molar-refractivity contribution >= 4 is 27.6 Å². The minimum absolute atomic E-state index is 0.595. The highest BCUT2D eigenvalue weighted by atomic mass is 32.2. The number of methoxy groups -OCH3 is 1. The third-order valence-electron chi connectivity index (χ3n) is 2.51. The number of benzene rings is 2. The van der Waals surface area contributed by atoms with Crippen LogP contribution in [0.2, 0.25) is 0 Å². The van der Waals surface area contributed by atoms with E-state index in [1.807, 2.05) is 42.7 Å². The maximum absolute atomic E-state index is 7.77. The van der Waals surface area contributed by atoms with E-state index in [0.717, 1.165) is 22.1 Å². The first-order valence-corrected chi connectivity index (χ1v) is 6.18. The smallest absolute Gasteiger partial charge is 0.119 e. The predicted molar refractivity (Wildman–Crippen MR) is 70.8 cm³/mol. The van der Waals surface area contributed by atoms with Crippen LogP contribution in [-0.4, -0.2) is 18.4 Å². The topological polar surface area (TPSA) is 33.1 Å². The average Bonchev–Trinajstić information content (AvgIpc) is 2.36. The van der Waals surface area contributed by atoms with E-state index in [0.29, 0.717) is 5.04 Å². The summed E-state index contributed by atoms with van der Waals surface area (Å²) in [5, 5.41) is 10.6. The van der Waals surface area contributed by atoms with Gasteiger partial charge in [-0.3, -0.25) is 5.41 Å². The highest BCUT2D eigenvalue weighted by molar-refractivity contribution is 8.13. The van der Waals surface area contributed by atoms with Crippen molar-refractivity contribution in [2.45, 2.75) is 0 Å². The molecule has 0 aliphatic carbocycles. The van der Waals surface area contributed by atoms with Crippen LogP contribution >= 0.6 is 11.8 Å². The van der Waals surface area contributed by atoms with Gasteiger partial charge in [-0.25, -0.2) is 0 Å². The second-order valence-corrected chi connectivity index (χ2v) is 4.28. The fraction of sp³-hybridized carbons (Fsp3) is 0.154. The number of ether oxygens (including phenoxy) is 1. The Morgan fingerprint density at radius 3 is 2.50 bits per heavy atom. The van der Waals surface area contributed by atoms with Gasteiger partial charge in [-0.05, 0) is 35.2 Å². The Labute approximate surface area is 99.1 Å². The zero-order valence-corrected chi connectivity index (χ0v) is 10.1. The summed E-state index contributed by atoms with van der Waals surface area (Å²) < 4.78 is 5.17. The van der Waals surface area contributed by atoms with E-state index in [2.05, 4.69) is 0 Å². The van der Waals surface area contributed by atoms with Crippen LogP contribution in [0, 0.1) is 5.41 Å². The summed E-state index contributed by atoms with van der Waals surface area (Å²) in [6, 6.07) is 12.0. The van der Waals surface area contributed by atoms with Gasteiger partial charge in [-0.1, -0.05) is 18.2 Å². The normalized spacial score (nSPS) is 10.4. The van der Waals surface area contributed by atoms with Gasteiger partial charge in [0.1, 0.15) is 5.75 Å². The Balaban J connectivity index is 2.51. The summed E-state index contributed by atoms with van der Waals surface area (Å²) in [6.45, 7) is 0. The van der Waals surface area contributed by atoms with Crippen molar-refractivity contribution in [3.63, 3.8) is 0 Å². The first-order valence-electron chi connectivity index (χ1n) is 4.95.